The molecule has 5 nitrogen and oxygen atoms in total. The first-order chi connectivity index (χ1) is 11.9. The molecule has 134 valence electrons. The zero-order chi connectivity index (χ0) is 18.0. The van der Waals surface area contributed by atoms with Gasteiger partial charge in [-0.1, -0.05) is 17.7 Å². The maximum absolute atomic E-state index is 12.9. The first-order valence-corrected chi connectivity index (χ1v) is 9.97. The van der Waals surface area contributed by atoms with Crippen LogP contribution in [0.2, 0.25) is 0 Å². The number of pyridine rings is 1. The number of benzene rings is 1. The zero-order valence-corrected chi connectivity index (χ0v) is 15.7. The van der Waals surface area contributed by atoms with Crippen molar-refractivity contribution in [1.29, 1.82) is 0 Å². The summed E-state index contributed by atoms with van der Waals surface area (Å²) in [7, 11) is -3.45. The smallest absolute Gasteiger partial charge is 0.243 e. The van der Waals surface area contributed by atoms with Crippen LogP contribution in [0.3, 0.4) is 0 Å². The van der Waals surface area contributed by atoms with E-state index in [2.05, 4.69) is 4.98 Å². The van der Waals surface area contributed by atoms with E-state index in [9.17, 15) is 8.42 Å². The van der Waals surface area contributed by atoms with Crippen molar-refractivity contribution in [3.63, 3.8) is 0 Å². The fourth-order valence-corrected chi connectivity index (χ4v) is 4.81. The maximum atomic E-state index is 12.9. The molecule has 2 aromatic rings. The molecule has 25 heavy (non-hydrogen) atoms. The molecule has 0 saturated carbocycles. The molecule has 0 spiro atoms. The SMILES string of the molecule is Cc1ccc(S(=O)(=O)N2CCC(Oc3ccc(C)nc3)CC2)c(C)c1. The number of ether oxygens (including phenoxy) is 1. The average Bonchev–Trinajstić information content (AvgIpc) is 2.57. The average molecular weight is 360 g/mol. The third kappa shape index (κ3) is 4.02. The van der Waals surface area contributed by atoms with Gasteiger partial charge >= 0.3 is 0 Å². The number of piperidine rings is 1. The van der Waals surface area contributed by atoms with Crippen LogP contribution in [0.1, 0.15) is 29.7 Å². The highest BCUT2D eigenvalue weighted by atomic mass is 32.2. The number of aromatic nitrogens is 1. The van der Waals surface area contributed by atoms with Crippen LogP contribution < -0.4 is 4.74 Å². The Bertz CT molecular complexity index is 839. The molecular formula is C19H24N2O3S. The molecule has 0 bridgehead atoms. The highest BCUT2D eigenvalue weighted by Gasteiger charge is 2.31. The fourth-order valence-electron chi connectivity index (χ4n) is 3.13. The number of hydrogen-bond acceptors (Lipinski definition) is 4. The van der Waals surface area contributed by atoms with Gasteiger partial charge < -0.3 is 4.74 Å². The molecule has 1 aromatic carbocycles. The van der Waals surface area contributed by atoms with E-state index in [0.717, 1.165) is 22.6 Å². The molecule has 0 amide bonds. The summed E-state index contributed by atoms with van der Waals surface area (Å²) in [5, 5.41) is 0. The minimum Gasteiger partial charge on any atom is -0.489 e. The van der Waals surface area contributed by atoms with Gasteiger partial charge in [0.1, 0.15) is 11.9 Å². The highest BCUT2D eigenvalue weighted by Crippen LogP contribution is 2.25. The lowest BCUT2D eigenvalue weighted by molar-refractivity contribution is 0.134. The zero-order valence-electron chi connectivity index (χ0n) is 14.9. The molecule has 1 saturated heterocycles. The largest absolute Gasteiger partial charge is 0.489 e. The Morgan fingerprint density at radius 2 is 1.80 bits per heavy atom. The van der Waals surface area contributed by atoms with Gasteiger partial charge in [-0.25, -0.2) is 8.42 Å². The van der Waals surface area contributed by atoms with Crippen molar-refractivity contribution in [1.82, 2.24) is 9.29 Å². The third-order valence-electron chi connectivity index (χ3n) is 4.54. The number of sulfonamides is 1. The quantitative estimate of drug-likeness (QED) is 0.840. The summed E-state index contributed by atoms with van der Waals surface area (Å²) in [6, 6.07) is 9.28. The van der Waals surface area contributed by atoms with Crippen LogP contribution in [0.4, 0.5) is 0 Å². The van der Waals surface area contributed by atoms with Crippen molar-refractivity contribution < 1.29 is 13.2 Å². The lowest BCUT2D eigenvalue weighted by Gasteiger charge is -2.31. The van der Waals surface area contributed by atoms with E-state index >= 15 is 0 Å². The summed E-state index contributed by atoms with van der Waals surface area (Å²) < 4.78 is 33.3. The van der Waals surface area contributed by atoms with Crippen molar-refractivity contribution in [3.05, 3.63) is 53.3 Å². The second kappa shape index (κ2) is 7.14. The van der Waals surface area contributed by atoms with E-state index in [1.54, 1.807) is 16.6 Å². The standard InChI is InChI=1S/C19H24N2O3S/c1-14-4-7-19(15(2)12-14)25(22,23)21-10-8-17(9-11-21)24-18-6-5-16(3)20-13-18/h4-7,12-13,17H,8-11H2,1-3H3. The topological polar surface area (TPSA) is 59.5 Å². The van der Waals surface area contributed by atoms with Crippen LogP contribution in [-0.4, -0.2) is 36.9 Å². The molecule has 1 aliphatic heterocycles. The Labute approximate surface area is 149 Å². The second-order valence-electron chi connectivity index (χ2n) is 6.63. The molecule has 0 aliphatic carbocycles. The second-order valence-corrected chi connectivity index (χ2v) is 8.53. The Balaban J connectivity index is 1.66. The van der Waals surface area contributed by atoms with Crippen molar-refractivity contribution in [3.8, 4) is 5.75 Å². The first-order valence-electron chi connectivity index (χ1n) is 8.53. The normalized spacial score (nSPS) is 16.8. The predicted molar refractivity (Wildman–Crippen MR) is 97.3 cm³/mol. The molecule has 0 radical (unpaired) electrons. The minimum atomic E-state index is -3.45. The minimum absolute atomic E-state index is 0.0232. The van der Waals surface area contributed by atoms with Gasteiger partial charge in [0.25, 0.3) is 0 Å². The van der Waals surface area contributed by atoms with Gasteiger partial charge in [0.2, 0.25) is 10.0 Å². The van der Waals surface area contributed by atoms with Crippen LogP contribution in [0.15, 0.2) is 41.4 Å². The van der Waals surface area contributed by atoms with Crippen LogP contribution in [-0.2, 0) is 10.0 Å². The summed E-state index contributed by atoms with van der Waals surface area (Å²) >= 11 is 0. The molecule has 1 aliphatic rings. The van der Waals surface area contributed by atoms with Crippen LogP contribution in [0.5, 0.6) is 5.75 Å². The fraction of sp³-hybridized carbons (Fsp3) is 0.421. The van der Waals surface area contributed by atoms with Crippen molar-refractivity contribution >= 4 is 10.0 Å². The van der Waals surface area contributed by atoms with Crippen LogP contribution in [0.25, 0.3) is 0 Å². The highest BCUT2D eigenvalue weighted by molar-refractivity contribution is 7.89. The summed E-state index contributed by atoms with van der Waals surface area (Å²) in [6.45, 7) is 6.69. The van der Waals surface area contributed by atoms with E-state index in [4.69, 9.17) is 4.74 Å². The third-order valence-corrected chi connectivity index (χ3v) is 6.60. The Morgan fingerprint density at radius 1 is 1.08 bits per heavy atom. The molecule has 1 aromatic heterocycles. The molecule has 0 unspecified atom stereocenters. The number of nitrogens with zero attached hydrogens (tertiary/aromatic N) is 2. The molecule has 0 N–H and O–H groups in total. The van der Waals surface area contributed by atoms with Crippen LogP contribution >= 0.6 is 0 Å². The maximum Gasteiger partial charge on any atom is 0.243 e. The van der Waals surface area contributed by atoms with E-state index < -0.39 is 10.0 Å². The molecule has 0 atom stereocenters. The Hall–Kier alpha value is -1.92. The van der Waals surface area contributed by atoms with Crippen molar-refractivity contribution in [2.45, 2.75) is 44.6 Å². The number of rotatable bonds is 4. The monoisotopic (exact) mass is 360 g/mol. The van der Waals surface area contributed by atoms with Gasteiger partial charge in [0, 0.05) is 18.8 Å². The predicted octanol–water partition coefficient (Wildman–Crippen LogP) is 3.24. The van der Waals surface area contributed by atoms with E-state index in [1.807, 2.05) is 45.0 Å². The van der Waals surface area contributed by atoms with Crippen molar-refractivity contribution in [2.24, 2.45) is 0 Å². The van der Waals surface area contributed by atoms with Gasteiger partial charge in [-0.2, -0.15) is 4.31 Å². The summed E-state index contributed by atoms with van der Waals surface area (Å²) in [5.74, 6) is 0.737. The molecule has 2 heterocycles. The van der Waals surface area contributed by atoms with Gasteiger partial charge in [0.15, 0.2) is 0 Å². The van der Waals surface area contributed by atoms with Gasteiger partial charge in [-0.15, -0.1) is 0 Å². The van der Waals surface area contributed by atoms with E-state index in [1.165, 1.54) is 0 Å². The van der Waals surface area contributed by atoms with Gasteiger partial charge in [0.05, 0.1) is 11.1 Å². The first kappa shape index (κ1) is 17.9. The molecule has 3 rings (SSSR count). The Kier molecular flexibility index (Phi) is 5.11. The van der Waals surface area contributed by atoms with E-state index in [-0.39, 0.29) is 6.10 Å². The summed E-state index contributed by atoms with van der Waals surface area (Å²) in [6.07, 6.45) is 3.10. The van der Waals surface area contributed by atoms with E-state index in [0.29, 0.717) is 30.8 Å². The lowest BCUT2D eigenvalue weighted by Crippen LogP contribution is -2.41. The molecule has 1 fully saturated rings. The summed E-state index contributed by atoms with van der Waals surface area (Å²) in [4.78, 5) is 4.63. The van der Waals surface area contributed by atoms with Crippen LogP contribution in [0, 0.1) is 20.8 Å². The van der Waals surface area contributed by atoms with Gasteiger partial charge in [-0.05, 0) is 57.4 Å². The molecular weight excluding hydrogens is 336 g/mol. The molecule has 6 heteroatoms. The Morgan fingerprint density at radius 3 is 2.40 bits per heavy atom. The van der Waals surface area contributed by atoms with Crippen molar-refractivity contribution in [2.75, 3.05) is 13.1 Å². The lowest BCUT2D eigenvalue weighted by atomic mass is 10.1. The number of aryl methyl sites for hydroxylation is 3. The van der Waals surface area contributed by atoms with Gasteiger partial charge in [-0.3, -0.25) is 4.98 Å². The number of hydrogen-bond donors (Lipinski definition) is 0. The summed E-state index contributed by atoms with van der Waals surface area (Å²) in [5.41, 5.74) is 2.81.